The molecular formula is C40H60N6O4S2. The lowest BCUT2D eigenvalue weighted by molar-refractivity contribution is -0.142. The maximum absolute atomic E-state index is 13.8. The molecule has 2 saturated heterocycles. The number of benzene rings is 2. The van der Waals surface area contributed by atoms with Crippen molar-refractivity contribution in [1.82, 2.24) is 31.1 Å². The predicted octanol–water partition coefficient (Wildman–Crippen LogP) is 4.58. The van der Waals surface area contributed by atoms with Gasteiger partial charge in [0.2, 0.25) is 11.8 Å². The largest absolute Gasteiger partial charge is 0.353 e. The first-order valence-electron chi connectivity index (χ1n) is 18.9. The molecule has 4 rings (SSSR count). The molecule has 4 amide bonds. The van der Waals surface area contributed by atoms with Gasteiger partial charge in [-0.25, -0.2) is 0 Å². The van der Waals surface area contributed by atoms with Crippen LogP contribution >= 0.6 is 23.5 Å². The molecule has 10 nitrogen and oxygen atoms in total. The van der Waals surface area contributed by atoms with Gasteiger partial charge in [0.25, 0.3) is 0 Å². The van der Waals surface area contributed by atoms with Crippen molar-refractivity contribution in [3.8, 4) is 0 Å². The van der Waals surface area contributed by atoms with Crippen LogP contribution in [-0.2, 0) is 30.7 Å². The minimum Gasteiger partial charge on any atom is -0.353 e. The van der Waals surface area contributed by atoms with Crippen molar-refractivity contribution >= 4 is 47.2 Å². The lowest BCUT2D eigenvalue weighted by Gasteiger charge is -2.35. The molecule has 2 heterocycles. The number of nitrogens with zero attached hydrogens (tertiary/aromatic N) is 2. The normalized spacial score (nSPS) is 17.1. The average molecular weight is 753 g/mol. The van der Waals surface area contributed by atoms with Gasteiger partial charge in [-0.3, -0.25) is 19.2 Å². The van der Waals surface area contributed by atoms with Crippen molar-refractivity contribution in [3.05, 3.63) is 71.8 Å². The Morgan fingerprint density at radius 3 is 1.27 bits per heavy atom. The molecule has 286 valence electrons. The van der Waals surface area contributed by atoms with E-state index in [1.54, 1.807) is 23.5 Å². The highest BCUT2D eigenvalue weighted by Crippen LogP contribution is 2.33. The zero-order valence-corrected chi connectivity index (χ0v) is 33.2. The summed E-state index contributed by atoms with van der Waals surface area (Å²) < 4.78 is -1.53. The molecule has 0 aliphatic carbocycles. The number of carbonyl (C=O) groups excluding carboxylic acids is 4. The molecule has 2 fully saturated rings. The number of piperidine rings is 2. The molecule has 2 aliphatic rings. The first-order valence-corrected chi connectivity index (χ1v) is 20.9. The van der Waals surface area contributed by atoms with Crippen molar-refractivity contribution in [2.75, 3.05) is 52.4 Å². The third kappa shape index (κ3) is 13.7. The molecule has 2 aromatic carbocycles. The highest BCUT2D eigenvalue weighted by molar-refractivity contribution is 8.00. The molecule has 2 aromatic rings. The Labute approximate surface area is 319 Å². The topological polar surface area (TPSA) is 123 Å². The maximum Gasteiger partial charge on any atom is 0.310 e. The first-order chi connectivity index (χ1) is 24.9. The van der Waals surface area contributed by atoms with Crippen LogP contribution in [0.25, 0.3) is 0 Å². The molecule has 0 spiro atoms. The van der Waals surface area contributed by atoms with Gasteiger partial charge in [0.1, 0.15) is 12.1 Å². The molecule has 12 heteroatoms. The third-order valence-corrected chi connectivity index (χ3v) is 12.8. The van der Waals surface area contributed by atoms with E-state index >= 15 is 0 Å². The first kappa shape index (κ1) is 41.7. The van der Waals surface area contributed by atoms with Gasteiger partial charge in [-0.15, -0.1) is 23.5 Å². The Balaban J connectivity index is 1.45. The number of hydrogen-bond donors (Lipinski definition) is 4. The molecule has 52 heavy (non-hydrogen) atoms. The Morgan fingerprint density at radius 1 is 0.577 bits per heavy atom. The van der Waals surface area contributed by atoms with E-state index in [0.29, 0.717) is 24.6 Å². The Morgan fingerprint density at radius 2 is 0.923 bits per heavy atom. The molecule has 2 aliphatic heterocycles. The second kappa shape index (κ2) is 21.0. The molecular weight excluding hydrogens is 693 g/mol. The molecule has 2 unspecified atom stereocenters. The lowest BCUT2D eigenvalue weighted by atomic mass is 10.0. The molecule has 0 aromatic heterocycles. The summed E-state index contributed by atoms with van der Waals surface area (Å²) in [4.78, 5) is 59.7. The predicted molar refractivity (Wildman–Crippen MR) is 214 cm³/mol. The Kier molecular flexibility index (Phi) is 16.8. The third-order valence-electron chi connectivity index (χ3n) is 9.93. The summed E-state index contributed by atoms with van der Waals surface area (Å²) in [6.45, 7) is 14.1. The highest BCUT2D eigenvalue weighted by Gasteiger charge is 2.41. The van der Waals surface area contributed by atoms with Crippen LogP contribution in [0.4, 0.5) is 0 Å². The van der Waals surface area contributed by atoms with Gasteiger partial charge < -0.3 is 31.1 Å². The summed E-state index contributed by atoms with van der Waals surface area (Å²) in [7, 11) is 0. The van der Waals surface area contributed by atoms with E-state index in [0.717, 1.165) is 76.1 Å². The highest BCUT2D eigenvalue weighted by atomic mass is 32.2. The number of likely N-dealkylation sites (tertiary alicyclic amines) is 2. The average Bonchev–Trinajstić information content (AvgIpc) is 3.15. The summed E-state index contributed by atoms with van der Waals surface area (Å²) in [5.41, 5.74) is 2.19. The maximum atomic E-state index is 13.8. The van der Waals surface area contributed by atoms with Gasteiger partial charge in [0, 0.05) is 47.2 Å². The fraction of sp³-hybridized carbons (Fsp3) is 0.600. The molecule has 0 saturated carbocycles. The second-order valence-corrected chi connectivity index (χ2v) is 18.2. The van der Waals surface area contributed by atoms with E-state index < -0.39 is 33.4 Å². The minimum absolute atomic E-state index is 0.338. The van der Waals surface area contributed by atoms with Crippen LogP contribution in [0.2, 0.25) is 0 Å². The van der Waals surface area contributed by atoms with Crippen LogP contribution in [0.1, 0.15) is 77.3 Å². The number of hydrogen-bond acceptors (Lipinski definition) is 8. The van der Waals surface area contributed by atoms with Crippen LogP contribution < -0.4 is 21.3 Å². The standard InChI is InChI=1S/C40H60N6O4S2/c1-39(2,51-29-31-17-9-5-10-18-31)33(35(47)41-21-27-45-23-13-7-14-24-45)43-37(49)38(50)44-34(36(48)42-22-28-46-25-15-8-16-26-46)40(3,4)52-30-32-19-11-6-12-20-32/h5-6,9-12,17-20,33-34H,7-8,13-16,21-30H2,1-4H3,(H,41,47)(H,42,48)(H,43,49)(H,44,50). The van der Waals surface area contributed by atoms with Crippen molar-refractivity contribution in [2.24, 2.45) is 0 Å². The Hall–Kier alpha value is -3.06. The summed E-state index contributed by atoms with van der Waals surface area (Å²) in [6.07, 6.45) is 7.09. The summed E-state index contributed by atoms with van der Waals surface area (Å²) in [6, 6.07) is 17.9. The van der Waals surface area contributed by atoms with Gasteiger partial charge in [0.05, 0.1) is 0 Å². The second-order valence-electron chi connectivity index (χ2n) is 15.0. The van der Waals surface area contributed by atoms with Crippen molar-refractivity contribution in [3.63, 3.8) is 0 Å². The molecule has 0 radical (unpaired) electrons. The summed E-state index contributed by atoms with van der Waals surface area (Å²) in [5, 5.41) is 11.6. The monoisotopic (exact) mass is 752 g/mol. The van der Waals surface area contributed by atoms with Crippen molar-refractivity contribution in [2.45, 2.75) is 99.3 Å². The van der Waals surface area contributed by atoms with E-state index in [-0.39, 0.29) is 11.8 Å². The van der Waals surface area contributed by atoms with Crippen LogP contribution in [-0.4, -0.2) is 107 Å². The summed E-state index contributed by atoms with van der Waals surface area (Å²) in [5.74, 6) is -1.32. The minimum atomic E-state index is -1.00. The lowest BCUT2D eigenvalue weighted by Crippen LogP contribution is -2.62. The number of nitrogens with one attached hydrogen (secondary N) is 4. The smallest absolute Gasteiger partial charge is 0.310 e. The number of rotatable bonds is 18. The van der Waals surface area contributed by atoms with Crippen LogP contribution in [0.15, 0.2) is 60.7 Å². The van der Waals surface area contributed by atoms with E-state index in [9.17, 15) is 19.2 Å². The summed E-state index contributed by atoms with van der Waals surface area (Å²) >= 11 is 3.09. The quantitative estimate of drug-likeness (QED) is 0.163. The van der Waals surface area contributed by atoms with Crippen LogP contribution in [0.3, 0.4) is 0 Å². The van der Waals surface area contributed by atoms with Gasteiger partial charge in [-0.2, -0.15) is 0 Å². The van der Waals surface area contributed by atoms with Gasteiger partial charge in [0.15, 0.2) is 0 Å². The van der Waals surface area contributed by atoms with Crippen molar-refractivity contribution in [1.29, 1.82) is 0 Å². The molecule has 4 N–H and O–H groups in total. The zero-order chi connectivity index (χ0) is 37.4. The Bertz CT molecular complexity index is 1310. The number of thioether (sulfide) groups is 2. The van der Waals surface area contributed by atoms with Gasteiger partial charge >= 0.3 is 11.8 Å². The van der Waals surface area contributed by atoms with Gasteiger partial charge in [-0.05, 0) is 90.7 Å². The van der Waals surface area contributed by atoms with E-state index in [2.05, 4.69) is 31.1 Å². The van der Waals surface area contributed by atoms with Gasteiger partial charge in [-0.1, -0.05) is 73.5 Å². The zero-order valence-electron chi connectivity index (χ0n) is 31.6. The number of carbonyl (C=O) groups is 4. The SMILES string of the molecule is CC(C)(SCc1ccccc1)C(NC(=O)C(=O)NC(C(=O)NCCN1CCCCC1)C(C)(C)SCc1ccccc1)C(=O)NCCN1CCCCC1. The van der Waals surface area contributed by atoms with Crippen LogP contribution in [0.5, 0.6) is 0 Å². The van der Waals surface area contributed by atoms with Crippen LogP contribution in [0, 0.1) is 0 Å². The fourth-order valence-electron chi connectivity index (χ4n) is 6.60. The molecule has 0 bridgehead atoms. The fourth-order valence-corrected chi connectivity index (χ4v) is 8.73. The van der Waals surface area contributed by atoms with E-state index in [1.807, 2.05) is 88.4 Å². The van der Waals surface area contributed by atoms with Crippen molar-refractivity contribution < 1.29 is 19.2 Å². The number of amides is 4. The van der Waals surface area contributed by atoms with E-state index in [1.165, 1.54) is 12.8 Å². The van der Waals surface area contributed by atoms with E-state index in [4.69, 9.17) is 0 Å². The molecule has 2 atom stereocenters.